The van der Waals surface area contributed by atoms with Crippen LogP contribution < -0.4 is 21.7 Å². The number of carbonyl (C=O) groups is 5. The maximum Gasteiger partial charge on any atom is 0.327 e. The Morgan fingerprint density at radius 3 is 2.23 bits per heavy atom. The van der Waals surface area contributed by atoms with Gasteiger partial charge < -0.3 is 41.9 Å². The fourth-order valence-corrected chi connectivity index (χ4v) is 4.10. The van der Waals surface area contributed by atoms with Crippen molar-refractivity contribution in [1.29, 1.82) is 0 Å². The third-order valence-electron chi connectivity index (χ3n) is 5.87. The molecular weight excluding hydrogens is 530 g/mol. The van der Waals surface area contributed by atoms with Crippen LogP contribution in [0.3, 0.4) is 0 Å². The number of benzene rings is 1. The SMILES string of the molecule is NC(Cc1c[nH]c2ccccc12)C(=O)NC(CC(=O)O)C(=O)NC(Cc1cnc[nH]1)C(=O)NC(CS)C(=O)O. The molecule has 9 N–H and O–H groups in total. The summed E-state index contributed by atoms with van der Waals surface area (Å²) in [6, 6.07) is 2.08. The molecule has 3 rings (SSSR count). The number of carboxylic acid groups (broad SMARTS) is 2. The van der Waals surface area contributed by atoms with Gasteiger partial charge in [0.25, 0.3) is 0 Å². The summed E-state index contributed by atoms with van der Waals surface area (Å²) in [6.07, 6.45) is 3.67. The van der Waals surface area contributed by atoms with Crippen molar-refractivity contribution < 1.29 is 34.2 Å². The van der Waals surface area contributed by atoms with E-state index >= 15 is 0 Å². The third-order valence-corrected chi connectivity index (χ3v) is 6.24. The molecule has 4 unspecified atom stereocenters. The van der Waals surface area contributed by atoms with Gasteiger partial charge in [0.1, 0.15) is 18.1 Å². The van der Waals surface area contributed by atoms with Crippen molar-refractivity contribution in [3.05, 3.63) is 54.2 Å². The van der Waals surface area contributed by atoms with E-state index in [9.17, 15) is 34.2 Å². The molecule has 0 aliphatic carbocycles. The number of hydrogen-bond donors (Lipinski definition) is 9. The Kier molecular flexibility index (Phi) is 10.1. The van der Waals surface area contributed by atoms with E-state index in [0.29, 0.717) is 5.69 Å². The number of aliphatic carboxylic acids is 2. The lowest BCUT2D eigenvalue weighted by Crippen LogP contribution is -2.58. The molecule has 14 nitrogen and oxygen atoms in total. The molecule has 3 aromatic rings. The van der Waals surface area contributed by atoms with E-state index in [1.54, 1.807) is 6.20 Å². The Balaban J connectivity index is 1.72. The molecule has 0 spiro atoms. The number of hydrogen-bond acceptors (Lipinski definition) is 8. The van der Waals surface area contributed by atoms with E-state index < -0.39 is 60.2 Å². The van der Waals surface area contributed by atoms with E-state index in [1.807, 2.05) is 24.3 Å². The Labute approximate surface area is 227 Å². The number of aromatic amines is 2. The first kappa shape index (κ1) is 29.2. The van der Waals surface area contributed by atoms with E-state index in [4.69, 9.17) is 5.73 Å². The predicted molar refractivity (Wildman–Crippen MR) is 142 cm³/mol. The van der Waals surface area contributed by atoms with Gasteiger partial charge in [-0.25, -0.2) is 9.78 Å². The minimum atomic E-state index is -1.57. The largest absolute Gasteiger partial charge is 0.481 e. The number of nitrogens with two attached hydrogens (primary N) is 1. The van der Waals surface area contributed by atoms with Gasteiger partial charge in [0, 0.05) is 41.2 Å². The fourth-order valence-electron chi connectivity index (χ4n) is 3.85. The summed E-state index contributed by atoms with van der Waals surface area (Å²) in [6.45, 7) is 0. The number of para-hydroxylation sites is 1. The van der Waals surface area contributed by atoms with Crippen molar-refractivity contribution in [2.75, 3.05) is 5.75 Å². The van der Waals surface area contributed by atoms with Crippen LogP contribution in [0.4, 0.5) is 0 Å². The van der Waals surface area contributed by atoms with Gasteiger partial charge in [-0.1, -0.05) is 18.2 Å². The summed E-state index contributed by atoms with van der Waals surface area (Å²) in [7, 11) is 0. The van der Waals surface area contributed by atoms with Crippen molar-refractivity contribution in [3.63, 3.8) is 0 Å². The Morgan fingerprint density at radius 1 is 0.923 bits per heavy atom. The average molecular weight is 560 g/mol. The van der Waals surface area contributed by atoms with Gasteiger partial charge in [0.2, 0.25) is 17.7 Å². The number of amides is 3. The quantitative estimate of drug-likeness (QED) is 0.109. The maximum atomic E-state index is 13.1. The molecule has 0 aliphatic heterocycles. The molecule has 39 heavy (non-hydrogen) atoms. The summed E-state index contributed by atoms with van der Waals surface area (Å²) in [5.41, 5.74) is 8.13. The smallest absolute Gasteiger partial charge is 0.327 e. The maximum absolute atomic E-state index is 13.1. The molecule has 0 radical (unpaired) electrons. The third kappa shape index (κ3) is 8.05. The second-order valence-corrected chi connectivity index (χ2v) is 9.12. The molecule has 0 saturated heterocycles. The lowest BCUT2D eigenvalue weighted by molar-refractivity contribution is -0.142. The number of H-pyrrole nitrogens is 2. The van der Waals surface area contributed by atoms with E-state index in [-0.39, 0.29) is 18.6 Å². The average Bonchev–Trinajstić information content (AvgIpc) is 3.56. The van der Waals surface area contributed by atoms with Crippen LogP contribution in [-0.2, 0) is 36.8 Å². The first-order chi connectivity index (χ1) is 18.6. The highest BCUT2D eigenvalue weighted by molar-refractivity contribution is 7.80. The van der Waals surface area contributed by atoms with Crippen LogP contribution in [0, 0.1) is 0 Å². The number of thiol groups is 1. The second-order valence-electron chi connectivity index (χ2n) is 8.75. The van der Waals surface area contributed by atoms with Gasteiger partial charge in [0.15, 0.2) is 0 Å². The summed E-state index contributed by atoms with van der Waals surface area (Å²) in [5.74, 6) is -5.50. The standard InChI is InChI=1S/C24H29N7O7S/c25-15(5-12-8-27-16-4-2-1-3-14(12)16)21(34)29-18(7-20(32)33)23(36)30-17(6-13-9-26-11-28-13)22(35)31-19(10-39)24(37)38/h1-4,8-9,11,15,17-19,27,39H,5-7,10,25H2,(H,26,28)(H,29,34)(H,30,36)(H,31,35)(H,32,33)(H,37,38). The minimum absolute atomic E-state index is 0.114. The van der Waals surface area contributed by atoms with Gasteiger partial charge in [-0.3, -0.25) is 19.2 Å². The number of rotatable bonds is 14. The number of imidazole rings is 1. The molecule has 1 aromatic carbocycles. The van der Waals surface area contributed by atoms with Crippen LogP contribution in [0.2, 0.25) is 0 Å². The van der Waals surface area contributed by atoms with Crippen molar-refractivity contribution in [3.8, 4) is 0 Å². The molecule has 15 heteroatoms. The molecule has 2 aromatic heterocycles. The zero-order chi connectivity index (χ0) is 28.5. The predicted octanol–water partition coefficient (Wildman–Crippen LogP) is -1.05. The van der Waals surface area contributed by atoms with E-state index in [2.05, 4.69) is 43.5 Å². The van der Waals surface area contributed by atoms with Gasteiger partial charge in [-0.2, -0.15) is 12.6 Å². The zero-order valence-electron chi connectivity index (χ0n) is 20.6. The molecule has 0 aliphatic rings. The molecule has 3 amide bonds. The molecule has 2 heterocycles. The number of carboxylic acids is 2. The molecule has 0 bridgehead atoms. The summed E-state index contributed by atoms with van der Waals surface area (Å²) < 4.78 is 0. The van der Waals surface area contributed by atoms with Crippen molar-refractivity contribution in [2.24, 2.45) is 5.73 Å². The summed E-state index contributed by atoms with van der Waals surface area (Å²) in [5, 5.41) is 26.5. The van der Waals surface area contributed by atoms with E-state index in [1.165, 1.54) is 12.5 Å². The van der Waals surface area contributed by atoms with Crippen LogP contribution in [0.5, 0.6) is 0 Å². The molecule has 0 saturated carbocycles. The molecule has 208 valence electrons. The monoisotopic (exact) mass is 559 g/mol. The van der Waals surface area contributed by atoms with Crippen LogP contribution in [0.25, 0.3) is 10.9 Å². The van der Waals surface area contributed by atoms with Crippen LogP contribution in [0.15, 0.2) is 43.0 Å². The van der Waals surface area contributed by atoms with Crippen LogP contribution in [-0.4, -0.2) is 84.7 Å². The van der Waals surface area contributed by atoms with Gasteiger partial charge in [-0.05, 0) is 18.1 Å². The van der Waals surface area contributed by atoms with Crippen LogP contribution in [0.1, 0.15) is 17.7 Å². The first-order valence-corrected chi connectivity index (χ1v) is 12.5. The lowest BCUT2D eigenvalue weighted by atomic mass is 10.0. The molecular formula is C24H29N7O7S. The highest BCUT2D eigenvalue weighted by atomic mass is 32.1. The van der Waals surface area contributed by atoms with Crippen molar-refractivity contribution >= 4 is 53.2 Å². The number of nitrogens with zero attached hydrogens (tertiary/aromatic N) is 1. The van der Waals surface area contributed by atoms with Gasteiger partial charge in [0.05, 0.1) is 18.8 Å². The number of carbonyl (C=O) groups excluding carboxylic acids is 3. The van der Waals surface area contributed by atoms with Gasteiger partial charge >= 0.3 is 11.9 Å². The number of fused-ring (bicyclic) bond motifs is 1. The topological polar surface area (TPSA) is 232 Å². The highest BCUT2D eigenvalue weighted by Crippen LogP contribution is 2.18. The number of aromatic nitrogens is 3. The number of nitrogens with one attached hydrogen (secondary N) is 5. The minimum Gasteiger partial charge on any atom is -0.481 e. The van der Waals surface area contributed by atoms with Crippen LogP contribution >= 0.6 is 12.6 Å². The normalized spacial score (nSPS) is 14.1. The molecule has 4 atom stereocenters. The highest BCUT2D eigenvalue weighted by Gasteiger charge is 2.31. The van der Waals surface area contributed by atoms with Gasteiger partial charge in [-0.15, -0.1) is 0 Å². The first-order valence-electron chi connectivity index (χ1n) is 11.8. The Bertz CT molecular complexity index is 1330. The Hall–Kier alpha value is -4.37. The summed E-state index contributed by atoms with van der Waals surface area (Å²) in [4.78, 5) is 71.3. The van der Waals surface area contributed by atoms with E-state index in [0.717, 1.165) is 16.5 Å². The zero-order valence-corrected chi connectivity index (χ0v) is 21.5. The fraction of sp³-hybridized carbons (Fsp3) is 0.333. The molecule has 0 fully saturated rings. The van der Waals surface area contributed by atoms with Crippen molar-refractivity contribution in [1.82, 2.24) is 30.9 Å². The second kappa shape index (κ2) is 13.4. The summed E-state index contributed by atoms with van der Waals surface area (Å²) >= 11 is 3.91. The Morgan fingerprint density at radius 2 is 1.59 bits per heavy atom. The lowest BCUT2D eigenvalue weighted by Gasteiger charge is -2.24. The van der Waals surface area contributed by atoms with Crippen molar-refractivity contribution in [2.45, 2.75) is 43.4 Å².